The molecule has 0 unspecified atom stereocenters. The van der Waals surface area contributed by atoms with Gasteiger partial charge in [-0.3, -0.25) is 14.6 Å². The van der Waals surface area contributed by atoms with E-state index in [1.807, 2.05) is 38.1 Å². The zero-order chi connectivity index (χ0) is 18.2. The fourth-order valence-electron chi connectivity index (χ4n) is 2.10. The van der Waals surface area contributed by atoms with Crippen molar-refractivity contribution in [2.75, 3.05) is 7.05 Å². The molecule has 0 saturated heterocycles. The third-order valence-electron chi connectivity index (χ3n) is 3.87. The highest BCUT2D eigenvalue weighted by atomic mass is 16.2. The average Bonchev–Trinajstić information content (AvgIpc) is 2.64. The molecule has 1 heterocycles. The number of benzene rings is 1. The van der Waals surface area contributed by atoms with Gasteiger partial charge in [0.2, 0.25) is 5.91 Å². The van der Waals surface area contributed by atoms with Crippen molar-refractivity contribution in [1.29, 1.82) is 0 Å². The molecule has 0 bridgehead atoms. The third-order valence-corrected chi connectivity index (χ3v) is 3.87. The van der Waals surface area contributed by atoms with Crippen molar-refractivity contribution < 1.29 is 9.59 Å². The fraction of sp³-hybridized carbons (Fsp3) is 0.250. The van der Waals surface area contributed by atoms with Gasteiger partial charge in [-0.2, -0.15) is 0 Å². The molecule has 5 heteroatoms. The summed E-state index contributed by atoms with van der Waals surface area (Å²) in [4.78, 5) is 29.8. The SMILES string of the molecule is CC(C)N(C)C(=O)c1ccc(CNC(=O)C=Cc2cccnc2)cc1. The van der Waals surface area contributed by atoms with Gasteiger partial charge < -0.3 is 10.2 Å². The third kappa shape index (κ3) is 5.57. The number of rotatable bonds is 6. The Hall–Kier alpha value is -2.95. The van der Waals surface area contributed by atoms with E-state index in [0.717, 1.165) is 11.1 Å². The van der Waals surface area contributed by atoms with Crippen LogP contribution in [-0.4, -0.2) is 34.8 Å². The second kappa shape index (κ2) is 8.78. The zero-order valence-corrected chi connectivity index (χ0v) is 14.8. The first kappa shape index (κ1) is 18.4. The molecule has 5 nitrogen and oxygen atoms in total. The van der Waals surface area contributed by atoms with Gasteiger partial charge in [0.1, 0.15) is 0 Å². The van der Waals surface area contributed by atoms with Gasteiger partial charge in [-0.25, -0.2) is 0 Å². The van der Waals surface area contributed by atoms with E-state index < -0.39 is 0 Å². The molecule has 0 aliphatic rings. The molecule has 2 amide bonds. The maximum Gasteiger partial charge on any atom is 0.253 e. The monoisotopic (exact) mass is 337 g/mol. The van der Waals surface area contributed by atoms with Crippen LogP contribution in [0.1, 0.15) is 35.3 Å². The molecule has 130 valence electrons. The normalized spacial score (nSPS) is 10.9. The Labute approximate surface area is 148 Å². The fourth-order valence-corrected chi connectivity index (χ4v) is 2.10. The number of aromatic nitrogens is 1. The Kier molecular flexibility index (Phi) is 6.46. The molecule has 0 aliphatic heterocycles. The Morgan fingerprint density at radius 3 is 2.52 bits per heavy atom. The van der Waals surface area contributed by atoms with Crippen molar-refractivity contribution in [2.24, 2.45) is 0 Å². The van der Waals surface area contributed by atoms with Crippen LogP contribution in [0, 0.1) is 0 Å². The molecular weight excluding hydrogens is 314 g/mol. The lowest BCUT2D eigenvalue weighted by molar-refractivity contribution is -0.116. The Morgan fingerprint density at radius 1 is 1.20 bits per heavy atom. The highest BCUT2D eigenvalue weighted by Crippen LogP contribution is 2.09. The van der Waals surface area contributed by atoms with Gasteiger partial charge in [0.25, 0.3) is 5.91 Å². The maximum absolute atomic E-state index is 12.2. The van der Waals surface area contributed by atoms with Crippen LogP contribution in [0.25, 0.3) is 6.08 Å². The molecule has 0 spiro atoms. The molecular formula is C20H23N3O2. The molecule has 25 heavy (non-hydrogen) atoms. The van der Waals surface area contributed by atoms with E-state index in [9.17, 15) is 9.59 Å². The number of carbonyl (C=O) groups is 2. The van der Waals surface area contributed by atoms with Crippen molar-refractivity contribution in [3.05, 3.63) is 71.6 Å². The van der Waals surface area contributed by atoms with E-state index >= 15 is 0 Å². The van der Waals surface area contributed by atoms with E-state index in [-0.39, 0.29) is 17.9 Å². The van der Waals surface area contributed by atoms with Crippen LogP contribution in [0.5, 0.6) is 0 Å². The number of carbonyl (C=O) groups excluding carboxylic acids is 2. The predicted molar refractivity (Wildman–Crippen MR) is 98.8 cm³/mol. The minimum absolute atomic E-state index is 0.00927. The standard InChI is InChI=1S/C20H23N3O2/c1-15(2)23(3)20(25)18-9-6-17(7-10-18)14-22-19(24)11-8-16-5-4-12-21-13-16/h4-13,15H,14H2,1-3H3,(H,22,24). The summed E-state index contributed by atoms with van der Waals surface area (Å²) >= 11 is 0. The van der Waals surface area contributed by atoms with E-state index in [1.165, 1.54) is 6.08 Å². The highest BCUT2D eigenvalue weighted by molar-refractivity contribution is 5.94. The molecule has 0 fully saturated rings. The lowest BCUT2D eigenvalue weighted by Gasteiger charge is -2.21. The van der Waals surface area contributed by atoms with Crippen molar-refractivity contribution in [1.82, 2.24) is 15.2 Å². The smallest absolute Gasteiger partial charge is 0.253 e. The van der Waals surface area contributed by atoms with Crippen LogP contribution in [0.2, 0.25) is 0 Å². The molecule has 0 atom stereocenters. The largest absolute Gasteiger partial charge is 0.348 e. The number of hydrogen-bond donors (Lipinski definition) is 1. The van der Waals surface area contributed by atoms with Crippen molar-refractivity contribution in [2.45, 2.75) is 26.4 Å². The summed E-state index contributed by atoms with van der Waals surface area (Å²) in [6, 6.07) is 11.1. The van der Waals surface area contributed by atoms with Gasteiger partial charge in [-0.05, 0) is 49.2 Å². The summed E-state index contributed by atoms with van der Waals surface area (Å²) in [7, 11) is 1.79. The number of hydrogen-bond acceptors (Lipinski definition) is 3. The Balaban J connectivity index is 1.88. The number of amides is 2. The Bertz CT molecular complexity index is 737. The summed E-state index contributed by atoms with van der Waals surface area (Å²) in [6.07, 6.45) is 6.57. The van der Waals surface area contributed by atoms with Crippen LogP contribution in [0.4, 0.5) is 0 Å². The quantitative estimate of drug-likeness (QED) is 0.825. The summed E-state index contributed by atoms with van der Waals surface area (Å²) < 4.78 is 0. The lowest BCUT2D eigenvalue weighted by atomic mass is 10.1. The van der Waals surface area contributed by atoms with Crippen molar-refractivity contribution in [3.8, 4) is 0 Å². The highest BCUT2D eigenvalue weighted by Gasteiger charge is 2.13. The summed E-state index contributed by atoms with van der Waals surface area (Å²) in [6.45, 7) is 4.35. The van der Waals surface area contributed by atoms with Gasteiger partial charge in [0, 0.05) is 43.7 Å². The van der Waals surface area contributed by atoms with Gasteiger partial charge in [-0.1, -0.05) is 18.2 Å². The minimum atomic E-state index is -0.177. The molecule has 2 aromatic rings. The number of nitrogens with one attached hydrogen (secondary N) is 1. The van der Waals surface area contributed by atoms with E-state index in [1.54, 1.807) is 42.6 Å². The number of pyridine rings is 1. The van der Waals surface area contributed by atoms with Crippen LogP contribution >= 0.6 is 0 Å². The van der Waals surface area contributed by atoms with Crippen LogP contribution in [0.3, 0.4) is 0 Å². The average molecular weight is 337 g/mol. The molecule has 0 aliphatic carbocycles. The lowest BCUT2D eigenvalue weighted by Crippen LogP contribution is -2.32. The molecule has 1 N–H and O–H groups in total. The van der Waals surface area contributed by atoms with Gasteiger partial charge >= 0.3 is 0 Å². The van der Waals surface area contributed by atoms with Crippen LogP contribution in [0.15, 0.2) is 54.9 Å². The van der Waals surface area contributed by atoms with Gasteiger partial charge in [0.15, 0.2) is 0 Å². The van der Waals surface area contributed by atoms with E-state index in [4.69, 9.17) is 0 Å². The predicted octanol–water partition coefficient (Wildman–Crippen LogP) is 2.89. The summed E-state index contributed by atoms with van der Waals surface area (Å²) in [5.41, 5.74) is 2.45. The first-order valence-electron chi connectivity index (χ1n) is 8.19. The first-order chi connectivity index (χ1) is 12.0. The molecule has 0 saturated carbocycles. The number of nitrogens with zero attached hydrogens (tertiary/aromatic N) is 2. The molecule has 1 aromatic heterocycles. The van der Waals surface area contributed by atoms with E-state index in [0.29, 0.717) is 12.1 Å². The molecule has 2 rings (SSSR count). The van der Waals surface area contributed by atoms with Crippen molar-refractivity contribution in [3.63, 3.8) is 0 Å². The topological polar surface area (TPSA) is 62.3 Å². The van der Waals surface area contributed by atoms with Gasteiger partial charge in [-0.15, -0.1) is 0 Å². The Morgan fingerprint density at radius 2 is 1.92 bits per heavy atom. The molecule has 1 aromatic carbocycles. The van der Waals surface area contributed by atoms with Crippen LogP contribution in [-0.2, 0) is 11.3 Å². The van der Waals surface area contributed by atoms with Crippen molar-refractivity contribution >= 4 is 17.9 Å². The molecule has 0 radical (unpaired) electrons. The van der Waals surface area contributed by atoms with Gasteiger partial charge in [0.05, 0.1) is 0 Å². The summed E-state index contributed by atoms with van der Waals surface area (Å²) in [5.74, 6) is -0.187. The van der Waals surface area contributed by atoms with Crippen LogP contribution < -0.4 is 5.32 Å². The zero-order valence-electron chi connectivity index (χ0n) is 14.8. The maximum atomic E-state index is 12.2. The summed E-state index contributed by atoms with van der Waals surface area (Å²) in [5, 5.41) is 2.82. The minimum Gasteiger partial charge on any atom is -0.348 e. The first-order valence-corrected chi connectivity index (χ1v) is 8.19. The second-order valence-electron chi connectivity index (χ2n) is 6.04. The van der Waals surface area contributed by atoms with E-state index in [2.05, 4.69) is 10.3 Å². The second-order valence-corrected chi connectivity index (χ2v) is 6.04.